The third kappa shape index (κ3) is 3.02. The normalized spacial score (nSPS) is 15.5. The molecule has 1 heterocycles. The van der Waals surface area contributed by atoms with Crippen molar-refractivity contribution >= 4 is 17.5 Å². The summed E-state index contributed by atoms with van der Waals surface area (Å²) < 4.78 is 1.90. The number of hydrogen-bond acceptors (Lipinski definition) is 5. The van der Waals surface area contributed by atoms with E-state index in [1.165, 1.54) is 12.8 Å². The minimum absolute atomic E-state index is 0.248. The molecule has 1 saturated carbocycles. The summed E-state index contributed by atoms with van der Waals surface area (Å²) >= 11 is 1.64. The van der Waals surface area contributed by atoms with Gasteiger partial charge >= 0.3 is 0 Å². The molecule has 1 aromatic rings. The van der Waals surface area contributed by atoms with E-state index >= 15 is 0 Å². The first-order valence-electron chi connectivity index (χ1n) is 5.17. The van der Waals surface area contributed by atoms with Crippen LogP contribution < -0.4 is 0 Å². The van der Waals surface area contributed by atoms with Gasteiger partial charge in [0.1, 0.15) is 5.78 Å². The Morgan fingerprint density at radius 2 is 2.40 bits per heavy atom. The highest BCUT2D eigenvalue weighted by Crippen LogP contribution is 2.36. The van der Waals surface area contributed by atoms with Gasteiger partial charge in [-0.3, -0.25) is 0 Å². The smallest absolute Gasteiger partial charge is 0.209 e. The molecule has 0 aromatic carbocycles. The molecule has 0 bridgehead atoms. The molecule has 1 aromatic heterocycles. The zero-order valence-corrected chi connectivity index (χ0v) is 9.53. The highest BCUT2D eigenvalue weighted by molar-refractivity contribution is 7.99. The predicted octanol–water partition coefficient (Wildman–Crippen LogP) is 1.47. The van der Waals surface area contributed by atoms with Crippen LogP contribution in [0.2, 0.25) is 0 Å². The molecule has 82 valence electrons. The maximum Gasteiger partial charge on any atom is 0.209 e. The van der Waals surface area contributed by atoms with Crippen molar-refractivity contribution in [2.24, 2.45) is 0 Å². The Labute approximate surface area is 92.6 Å². The van der Waals surface area contributed by atoms with Crippen molar-refractivity contribution < 1.29 is 4.79 Å². The fraction of sp³-hybridized carbons (Fsp3) is 0.778. The van der Waals surface area contributed by atoms with E-state index in [1.807, 2.05) is 4.68 Å². The Morgan fingerprint density at radius 3 is 3.07 bits per heavy atom. The van der Waals surface area contributed by atoms with Crippen molar-refractivity contribution in [3.63, 3.8) is 0 Å². The van der Waals surface area contributed by atoms with Gasteiger partial charge in [-0.2, -0.15) is 0 Å². The molecule has 1 aliphatic carbocycles. The number of ketones is 1. The summed E-state index contributed by atoms with van der Waals surface area (Å²) in [4.78, 5) is 10.7. The summed E-state index contributed by atoms with van der Waals surface area (Å²) in [5, 5.41) is 12.5. The van der Waals surface area contributed by atoms with Gasteiger partial charge in [-0.25, -0.2) is 4.68 Å². The maximum absolute atomic E-state index is 10.7. The SMILES string of the molecule is CC(=O)CCCSc1nnnn1C1CC1. The second kappa shape index (κ2) is 4.74. The molecule has 0 aliphatic heterocycles. The van der Waals surface area contributed by atoms with E-state index in [0.29, 0.717) is 12.5 Å². The van der Waals surface area contributed by atoms with Gasteiger partial charge in [0.2, 0.25) is 5.16 Å². The van der Waals surface area contributed by atoms with Gasteiger partial charge in [-0.05, 0) is 36.6 Å². The Morgan fingerprint density at radius 1 is 1.60 bits per heavy atom. The van der Waals surface area contributed by atoms with E-state index in [9.17, 15) is 4.79 Å². The molecular weight excluding hydrogens is 212 g/mol. The zero-order valence-electron chi connectivity index (χ0n) is 8.72. The summed E-state index contributed by atoms with van der Waals surface area (Å²) in [6.45, 7) is 1.62. The van der Waals surface area contributed by atoms with Gasteiger partial charge in [0, 0.05) is 12.2 Å². The Bertz CT molecular complexity index is 348. The summed E-state index contributed by atoms with van der Waals surface area (Å²) in [5.74, 6) is 1.16. The minimum Gasteiger partial charge on any atom is -0.300 e. The molecule has 1 fully saturated rings. The maximum atomic E-state index is 10.7. The van der Waals surface area contributed by atoms with Gasteiger partial charge < -0.3 is 4.79 Å². The van der Waals surface area contributed by atoms with Crippen LogP contribution in [0.15, 0.2) is 5.16 Å². The lowest BCUT2D eigenvalue weighted by atomic mass is 10.3. The average Bonchev–Trinajstić information content (AvgIpc) is 2.93. The van der Waals surface area contributed by atoms with Gasteiger partial charge in [-0.1, -0.05) is 11.8 Å². The van der Waals surface area contributed by atoms with Crippen LogP contribution in [0.1, 0.15) is 38.6 Å². The fourth-order valence-electron chi connectivity index (χ4n) is 1.31. The van der Waals surface area contributed by atoms with Crippen LogP contribution in [0, 0.1) is 0 Å². The van der Waals surface area contributed by atoms with Crippen molar-refractivity contribution in [3.05, 3.63) is 0 Å². The summed E-state index contributed by atoms with van der Waals surface area (Å²) in [6.07, 6.45) is 3.92. The molecule has 15 heavy (non-hydrogen) atoms. The molecule has 0 unspecified atom stereocenters. The number of rotatable bonds is 6. The second-order valence-electron chi connectivity index (χ2n) is 3.79. The van der Waals surface area contributed by atoms with E-state index < -0.39 is 0 Å². The van der Waals surface area contributed by atoms with E-state index in [1.54, 1.807) is 18.7 Å². The Balaban J connectivity index is 1.77. The number of hydrogen-bond donors (Lipinski definition) is 0. The van der Waals surface area contributed by atoms with E-state index in [4.69, 9.17) is 0 Å². The topological polar surface area (TPSA) is 60.7 Å². The second-order valence-corrected chi connectivity index (χ2v) is 4.85. The quantitative estimate of drug-likeness (QED) is 0.543. The zero-order chi connectivity index (χ0) is 10.7. The summed E-state index contributed by atoms with van der Waals surface area (Å²) in [6, 6.07) is 0.523. The lowest BCUT2D eigenvalue weighted by Crippen LogP contribution is -1.99. The number of nitrogens with zero attached hydrogens (tertiary/aromatic N) is 4. The van der Waals surface area contributed by atoms with E-state index in [2.05, 4.69) is 15.5 Å². The Hall–Kier alpha value is -0.910. The highest BCUT2D eigenvalue weighted by Gasteiger charge is 2.27. The number of carbonyl (C=O) groups excluding carboxylic acids is 1. The third-order valence-electron chi connectivity index (χ3n) is 2.26. The average molecular weight is 226 g/mol. The van der Waals surface area contributed by atoms with Crippen molar-refractivity contribution in [2.45, 2.75) is 43.8 Å². The molecule has 1 aliphatic rings. The van der Waals surface area contributed by atoms with Crippen LogP contribution in [0.3, 0.4) is 0 Å². The number of tetrazole rings is 1. The van der Waals surface area contributed by atoms with Crippen molar-refractivity contribution in [3.8, 4) is 0 Å². The van der Waals surface area contributed by atoms with Gasteiger partial charge in [0.25, 0.3) is 0 Å². The molecule has 0 amide bonds. The molecule has 0 radical (unpaired) electrons. The van der Waals surface area contributed by atoms with Gasteiger partial charge in [0.15, 0.2) is 0 Å². The molecule has 6 heteroatoms. The fourth-order valence-corrected chi connectivity index (χ4v) is 2.20. The van der Waals surface area contributed by atoms with Gasteiger partial charge in [0.05, 0.1) is 6.04 Å². The third-order valence-corrected chi connectivity index (χ3v) is 3.28. The molecule has 5 nitrogen and oxygen atoms in total. The monoisotopic (exact) mass is 226 g/mol. The molecule has 0 atom stereocenters. The van der Waals surface area contributed by atoms with Crippen molar-refractivity contribution in [1.82, 2.24) is 20.2 Å². The van der Waals surface area contributed by atoms with Crippen LogP contribution in [-0.2, 0) is 4.79 Å². The molecule has 0 saturated heterocycles. The van der Waals surface area contributed by atoms with Crippen LogP contribution in [-0.4, -0.2) is 31.7 Å². The van der Waals surface area contributed by atoms with E-state index in [0.717, 1.165) is 17.3 Å². The molecular formula is C9H14N4OS. The molecule has 2 rings (SSSR count). The standard InChI is InChI=1S/C9H14N4OS/c1-7(14)3-2-6-15-9-10-11-12-13(9)8-4-5-8/h8H,2-6H2,1H3. The predicted molar refractivity (Wildman–Crippen MR) is 56.7 cm³/mol. The van der Waals surface area contributed by atoms with Crippen LogP contribution in [0.25, 0.3) is 0 Å². The first-order chi connectivity index (χ1) is 7.27. The van der Waals surface area contributed by atoms with Crippen LogP contribution in [0.5, 0.6) is 0 Å². The highest BCUT2D eigenvalue weighted by atomic mass is 32.2. The molecule has 0 spiro atoms. The lowest BCUT2D eigenvalue weighted by Gasteiger charge is -2.00. The van der Waals surface area contributed by atoms with Crippen LogP contribution >= 0.6 is 11.8 Å². The minimum atomic E-state index is 0.248. The van der Waals surface area contributed by atoms with Crippen LogP contribution in [0.4, 0.5) is 0 Å². The largest absolute Gasteiger partial charge is 0.300 e. The van der Waals surface area contributed by atoms with Gasteiger partial charge in [-0.15, -0.1) is 5.10 Å². The lowest BCUT2D eigenvalue weighted by molar-refractivity contribution is -0.117. The summed E-state index contributed by atoms with van der Waals surface area (Å²) in [5.41, 5.74) is 0. The van der Waals surface area contributed by atoms with Crippen molar-refractivity contribution in [1.29, 1.82) is 0 Å². The summed E-state index contributed by atoms with van der Waals surface area (Å²) in [7, 11) is 0. The number of aromatic nitrogens is 4. The first-order valence-corrected chi connectivity index (χ1v) is 6.16. The number of Topliss-reactive ketones (excluding diaryl/α,β-unsaturated/α-hetero) is 1. The number of thioether (sulfide) groups is 1. The number of carbonyl (C=O) groups is 1. The van der Waals surface area contributed by atoms with Crippen molar-refractivity contribution in [2.75, 3.05) is 5.75 Å². The molecule has 0 N–H and O–H groups in total. The van der Waals surface area contributed by atoms with E-state index in [-0.39, 0.29) is 5.78 Å². The Kier molecular flexibility index (Phi) is 3.35. The first kappa shape index (κ1) is 10.6.